The molecule has 0 aromatic heterocycles. The number of nitro benzene ring substituents is 1. The van der Waals surface area contributed by atoms with Gasteiger partial charge in [0.25, 0.3) is 11.6 Å². The van der Waals surface area contributed by atoms with Gasteiger partial charge in [0.2, 0.25) is 0 Å². The molecular formula is C20H23N3O5. The number of hydrogen-bond donors (Lipinski definition) is 2. The summed E-state index contributed by atoms with van der Waals surface area (Å²) in [5.74, 6) is 0.967. The van der Waals surface area contributed by atoms with Crippen molar-refractivity contribution in [1.29, 1.82) is 0 Å². The minimum atomic E-state index is -0.448. The molecule has 2 aromatic rings. The molecule has 2 N–H and O–H groups in total. The molecule has 0 spiro atoms. The van der Waals surface area contributed by atoms with E-state index in [1.165, 1.54) is 6.07 Å². The standard InChI is InChI=1S/C20H23N3O5/c1-20(2)12-14-6-5-9-17(19(14)28-20)27-13-18(24)22-11-10-21-15-7-3-4-8-16(15)23(25)26/h3-9,21H,10-13H2,1-2H3,(H,22,24). The quantitative estimate of drug-likeness (QED) is 0.411. The number of rotatable bonds is 8. The Morgan fingerprint density at radius 3 is 2.79 bits per heavy atom. The molecule has 148 valence electrons. The fourth-order valence-corrected chi connectivity index (χ4v) is 3.08. The fourth-order valence-electron chi connectivity index (χ4n) is 3.08. The Kier molecular flexibility index (Phi) is 5.67. The average molecular weight is 385 g/mol. The summed E-state index contributed by atoms with van der Waals surface area (Å²) in [6, 6.07) is 12.0. The Hall–Kier alpha value is -3.29. The lowest BCUT2D eigenvalue weighted by Gasteiger charge is -2.18. The van der Waals surface area contributed by atoms with E-state index in [1.54, 1.807) is 24.3 Å². The first-order valence-electron chi connectivity index (χ1n) is 9.03. The molecule has 8 heteroatoms. The van der Waals surface area contributed by atoms with Crippen LogP contribution in [0.25, 0.3) is 0 Å². The molecular weight excluding hydrogens is 362 g/mol. The Bertz CT molecular complexity index is 882. The molecule has 1 aliphatic heterocycles. The number of nitrogens with one attached hydrogen (secondary N) is 2. The number of carbonyl (C=O) groups excluding carboxylic acids is 1. The number of ether oxygens (including phenoxy) is 2. The highest BCUT2D eigenvalue weighted by Crippen LogP contribution is 2.41. The molecule has 0 aliphatic carbocycles. The first kappa shape index (κ1) is 19.5. The maximum Gasteiger partial charge on any atom is 0.292 e. The lowest BCUT2D eigenvalue weighted by Crippen LogP contribution is -2.32. The van der Waals surface area contributed by atoms with Crippen LogP contribution in [0.3, 0.4) is 0 Å². The minimum absolute atomic E-state index is 0.00184. The number of carbonyl (C=O) groups is 1. The number of hydrogen-bond acceptors (Lipinski definition) is 6. The van der Waals surface area contributed by atoms with Crippen LogP contribution in [0.15, 0.2) is 42.5 Å². The van der Waals surface area contributed by atoms with Crippen LogP contribution in [0.4, 0.5) is 11.4 Å². The van der Waals surface area contributed by atoms with Crippen LogP contribution >= 0.6 is 0 Å². The van der Waals surface area contributed by atoms with E-state index in [4.69, 9.17) is 9.47 Å². The number of benzene rings is 2. The molecule has 1 heterocycles. The number of fused-ring (bicyclic) bond motifs is 1. The van der Waals surface area contributed by atoms with E-state index >= 15 is 0 Å². The molecule has 3 rings (SSSR count). The molecule has 0 unspecified atom stereocenters. The van der Waals surface area contributed by atoms with Crippen molar-refractivity contribution in [3.63, 3.8) is 0 Å². The van der Waals surface area contributed by atoms with Crippen LogP contribution in [0.2, 0.25) is 0 Å². The maximum atomic E-state index is 12.0. The summed E-state index contributed by atoms with van der Waals surface area (Å²) in [5.41, 5.74) is 1.20. The van der Waals surface area contributed by atoms with Gasteiger partial charge in [-0.05, 0) is 26.0 Å². The van der Waals surface area contributed by atoms with Crippen LogP contribution in [0.5, 0.6) is 11.5 Å². The lowest BCUT2D eigenvalue weighted by atomic mass is 10.0. The molecule has 0 saturated heterocycles. The molecule has 28 heavy (non-hydrogen) atoms. The van der Waals surface area contributed by atoms with Crippen LogP contribution in [0.1, 0.15) is 19.4 Å². The Morgan fingerprint density at radius 2 is 2.00 bits per heavy atom. The van der Waals surface area contributed by atoms with Crippen molar-refractivity contribution in [2.75, 3.05) is 25.0 Å². The van der Waals surface area contributed by atoms with Gasteiger partial charge >= 0.3 is 0 Å². The van der Waals surface area contributed by atoms with Gasteiger partial charge in [-0.25, -0.2) is 0 Å². The van der Waals surface area contributed by atoms with Crippen LogP contribution < -0.4 is 20.1 Å². The smallest absolute Gasteiger partial charge is 0.292 e. The van der Waals surface area contributed by atoms with Crippen molar-refractivity contribution in [2.24, 2.45) is 0 Å². The first-order chi connectivity index (χ1) is 13.4. The zero-order valence-electron chi connectivity index (χ0n) is 15.9. The highest BCUT2D eigenvalue weighted by molar-refractivity contribution is 5.77. The monoisotopic (exact) mass is 385 g/mol. The first-order valence-corrected chi connectivity index (χ1v) is 9.03. The van der Waals surface area contributed by atoms with Crippen LogP contribution in [-0.2, 0) is 11.2 Å². The normalized spacial score (nSPS) is 13.9. The van der Waals surface area contributed by atoms with Gasteiger partial charge in [-0.3, -0.25) is 14.9 Å². The van der Waals surface area contributed by atoms with E-state index in [0.29, 0.717) is 30.3 Å². The third-order valence-corrected chi connectivity index (χ3v) is 4.28. The Balaban J connectivity index is 1.44. The van der Waals surface area contributed by atoms with E-state index in [-0.39, 0.29) is 23.8 Å². The zero-order valence-corrected chi connectivity index (χ0v) is 15.9. The van der Waals surface area contributed by atoms with Gasteiger partial charge in [-0.2, -0.15) is 0 Å². The summed E-state index contributed by atoms with van der Waals surface area (Å²) in [6.45, 7) is 4.55. The molecule has 1 amide bonds. The van der Waals surface area contributed by atoms with Crippen molar-refractivity contribution in [3.05, 3.63) is 58.1 Å². The van der Waals surface area contributed by atoms with E-state index in [9.17, 15) is 14.9 Å². The van der Waals surface area contributed by atoms with Crippen molar-refractivity contribution in [1.82, 2.24) is 5.32 Å². The topological polar surface area (TPSA) is 103 Å². The highest BCUT2D eigenvalue weighted by Gasteiger charge is 2.32. The summed E-state index contributed by atoms with van der Waals surface area (Å²) in [5, 5.41) is 16.6. The van der Waals surface area contributed by atoms with E-state index in [1.807, 2.05) is 26.0 Å². The van der Waals surface area contributed by atoms with E-state index in [2.05, 4.69) is 10.6 Å². The van der Waals surface area contributed by atoms with Gasteiger partial charge in [-0.1, -0.05) is 24.3 Å². The number of nitro groups is 1. The minimum Gasteiger partial charge on any atom is -0.483 e. The van der Waals surface area contributed by atoms with Crippen LogP contribution in [-0.4, -0.2) is 36.1 Å². The molecule has 0 fully saturated rings. The van der Waals surface area contributed by atoms with Crippen molar-refractivity contribution < 1.29 is 19.2 Å². The second-order valence-corrected chi connectivity index (χ2v) is 7.12. The molecule has 8 nitrogen and oxygen atoms in total. The second-order valence-electron chi connectivity index (χ2n) is 7.12. The molecule has 0 radical (unpaired) electrons. The van der Waals surface area contributed by atoms with Gasteiger partial charge in [-0.15, -0.1) is 0 Å². The van der Waals surface area contributed by atoms with Gasteiger partial charge in [0, 0.05) is 31.1 Å². The number of amides is 1. The van der Waals surface area contributed by atoms with E-state index < -0.39 is 4.92 Å². The van der Waals surface area contributed by atoms with Crippen molar-refractivity contribution in [2.45, 2.75) is 25.9 Å². The van der Waals surface area contributed by atoms with Gasteiger partial charge in [0.1, 0.15) is 11.3 Å². The third-order valence-electron chi connectivity index (χ3n) is 4.28. The SMILES string of the molecule is CC1(C)Cc2cccc(OCC(=O)NCCNc3ccccc3[N+](=O)[O-])c2O1. The molecule has 0 atom stereocenters. The predicted octanol–water partition coefficient (Wildman–Crippen LogP) is 2.92. The third kappa shape index (κ3) is 4.70. The number of nitrogens with zero attached hydrogens (tertiary/aromatic N) is 1. The van der Waals surface area contributed by atoms with Crippen molar-refractivity contribution in [3.8, 4) is 11.5 Å². The maximum absolute atomic E-state index is 12.0. The zero-order chi connectivity index (χ0) is 20.1. The van der Waals surface area contributed by atoms with Gasteiger partial charge in [0.05, 0.1) is 4.92 Å². The van der Waals surface area contributed by atoms with Crippen LogP contribution in [0, 0.1) is 10.1 Å². The fraction of sp³-hybridized carbons (Fsp3) is 0.350. The summed E-state index contributed by atoms with van der Waals surface area (Å²) in [7, 11) is 0. The molecule has 2 aromatic carbocycles. The predicted molar refractivity (Wildman–Crippen MR) is 105 cm³/mol. The van der Waals surface area contributed by atoms with Crippen molar-refractivity contribution >= 4 is 17.3 Å². The number of anilines is 1. The second kappa shape index (κ2) is 8.16. The average Bonchev–Trinajstić information content (AvgIpc) is 2.98. The Morgan fingerprint density at radius 1 is 1.21 bits per heavy atom. The summed E-state index contributed by atoms with van der Waals surface area (Å²) in [6.07, 6.45) is 0.795. The lowest BCUT2D eigenvalue weighted by molar-refractivity contribution is -0.384. The molecule has 1 aliphatic rings. The highest BCUT2D eigenvalue weighted by atomic mass is 16.6. The van der Waals surface area contributed by atoms with Gasteiger partial charge < -0.3 is 20.1 Å². The Labute approximate surface area is 163 Å². The van der Waals surface area contributed by atoms with Gasteiger partial charge in [0.15, 0.2) is 18.1 Å². The summed E-state index contributed by atoms with van der Waals surface area (Å²) < 4.78 is 11.5. The number of para-hydroxylation sites is 3. The molecule has 0 bridgehead atoms. The summed E-state index contributed by atoms with van der Waals surface area (Å²) >= 11 is 0. The molecule has 0 saturated carbocycles. The van der Waals surface area contributed by atoms with E-state index in [0.717, 1.165) is 12.0 Å². The largest absolute Gasteiger partial charge is 0.483 e. The summed E-state index contributed by atoms with van der Waals surface area (Å²) in [4.78, 5) is 22.5.